The molecule has 3 heteroatoms. The van der Waals surface area contributed by atoms with Gasteiger partial charge in [0.2, 0.25) is 5.91 Å². The standard InChI is InChI=1S/C13H16N2O/c1-15(2)12(16)7-6-10-4-3-5-11-8-9-14-13(10)11/h3-5,8-9,14H,6-7H2,1-2H3. The summed E-state index contributed by atoms with van der Waals surface area (Å²) in [4.78, 5) is 16.4. The van der Waals surface area contributed by atoms with Crippen LogP contribution in [0.4, 0.5) is 0 Å². The number of nitrogens with one attached hydrogen (secondary N) is 1. The molecule has 1 amide bonds. The van der Waals surface area contributed by atoms with E-state index in [9.17, 15) is 4.79 Å². The van der Waals surface area contributed by atoms with Gasteiger partial charge in [0.1, 0.15) is 0 Å². The summed E-state index contributed by atoms with van der Waals surface area (Å²) in [6.45, 7) is 0. The number of nitrogens with zero attached hydrogens (tertiary/aromatic N) is 1. The number of para-hydroxylation sites is 1. The molecule has 0 spiro atoms. The normalized spacial score (nSPS) is 10.6. The van der Waals surface area contributed by atoms with Gasteiger partial charge in [-0.1, -0.05) is 18.2 Å². The molecule has 2 aromatic rings. The van der Waals surface area contributed by atoms with E-state index in [1.807, 2.05) is 18.3 Å². The van der Waals surface area contributed by atoms with Crippen LogP contribution in [-0.2, 0) is 11.2 Å². The van der Waals surface area contributed by atoms with Crippen molar-refractivity contribution in [1.29, 1.82) is 0 Å². The number of hydrogen-bond acceptors (Lipinski definition) is 1. The van der Waals surface area contributed by atoms with Gasteiger partial charge in [0, 0.05) is 32.2 Å². The zero-order valence-corrected chi connectivity index (χ0v) is 9.66. The molecular weight excluding hydrogens is 200 g/mol. The van der Waals surface area contributed by atoms with Crippen LogP contribution in [0, 0.1) is 0 Å². The Labute approximate surface area is 95.1 Å². The summed E-state index contributed by atoms with van der Waals surface area (Å²) in [5.41, 5.74) is 2.35. The van der Waals surface area contributed by atoms with Gasteiger partial charge in [-0.2, -0.15) is 0 Å². The second-order valence-electron chi connectivity index (χ2n) is 4.15. The molecule has 3 nitrogen and oxygen atoms in total. The minimum atomic E-state index is 0.170. The van der Waals surface area contributed by atoms with Crippen molar-refractivity contribution in [2.24, 2.45) is 0 Å². The van der Waals surface area contributed by atoms with Crippen LogP contribution < -0.4 is 0 Å². The fourth-order valence-corrected chi connectivity index (χ4v) is 1.82. The smallest absolute Gasteiger partial charge is 0.222 e. The first kappa shape index (κ1) is 10.7. The van der Waals surface area contributed by atoms with Crippen LogP contribution >= 0.6 is 0 Å². The largest absolute Gasteiger partial charge is 0.361 e. The van der Waals surface area contributed by atoms with Gasteiger partial charge in [0.25, 0.3) is 0 Å². The predicted molar refractivity (Wildman–Crippen MR) is 65.3 cm³/mol. The highest BCUT2D eigenvalue weighted by atomic mass is 16.2. The van der Waals surface area contributed by atoms with Crippen molar-refractivity contribution < 1.29 is 4.79 Å². The van der Waals surface area contributed by atoms with Crippen molar-refractivity contribution in [1.82, 2.24) is 9.88 Å². The number of rotatable bonds is 3. The molecule has 1 heterocycles. The van der Waals surface area contributed by atoms with Crippen molar-refractivity contribution in [2.45, 2.75) is 12.8 Å². The Kier molecular flexibility index (Phi) is 2.95. The van der Waals surface area contributed by atoms with E-state index >= 15 is 0 Å². The van der Waals surface area contributed by atoms with Gasteiger partial charge in [0.05, 0.1) is 0 Å². The Hall–Kier alpha value is -1.77. The summed E-state index contributed by atoms with van der Waals surface area (Å²) >= 11 is 0. The van der Waals surface area contributed by atoms with Gasteiger partial charge >= 0.3 is 0 Å². The van der Waals surface area contributed by atoms with E-state index in [1.54, 1.807) is 19.0 Å². The lowest BCUT2D eigenvalue weighted by Crippen LogP contribution is -2.21. The van der Waals surface area contributed by atoms with E-state index in [1.165, 1.54) is 10.9 Å². The van der Waals surface area contributed by atoms with E-state index in [-0.39, 0.29) is 5.91 Å². The van der Waals surface area contributed by atoms with E-state index in [0.717, 1.165) is 11.9 Å². The topological polar surface area (TPSA) is 36.1 Å². The number of amides is 1. The molecule has 0 unspecified atom stereocenters. The lowest BCUT2D eigenvalue weighted by atomic mass is 10.1. The minimum absolute atomic E-state index is 0.170. The zero-order chi connectivity index (χ0) is 11.5. The second kappa shape index (κ2) is 4.39. The fraction of sp³-hybridized carbons (Fsp3) is 0.308. The van der Waals surface area contributed by atoms with E-state index in [0.29, 0.717) is 6.42 Å². The molecule has 0 bridgehead atoms. The van der Waals surface area contributed by atoms with E-state index < -0.39 is 0 Å². The quantitative estimate of drug-likeness (QED) is 0.838. The van der Waals surface area contributed by atoms with Crippen LogP contribution in [0.25, 0.3) is 10.9 Å². The van der Waals surface area contributed by atoms with Crippen LogP contribution in [0.3, 0.4) is 0 Å². The molecular formula is C13H16N2O. The molecule has 0 saturated heterocycles. The van der Waals surface area contributed by atoms with Gasteiger partial charge < -0.3 is 9.88 Å². The van der Waals surface area contributed by atoms with Crippen LogP contribution in [-0.4, -0.2) is 29.9 Å². The fourth-order valence-electron chi connectivity index (χ4n) is 1.82. The van der Waals surface area contributed by atoms with E-state index in [4.69, 9.17) is 0 Å². The molecule has 0 saturated carbocycles. The Morgan fingerprint density at radius 3 is 2.88 bits per heavy atom. The third-order valence-electron chi connectivity index (χ3n) is 2.78. The van der Waals surface area contributed by atoms with Crippen molar-refractivity contribution in [3.63, 3.8) is 0 Å². The molecule has 1 aromatic heterocycles. The van der Waals surface area contributed by atoms with Crippen molar-refractivity contribution in [3.05, 3.63) is 36.0 Å². The number of aromatic amines is 1. The highest BCUT2D eigenvalue weighted by molar-refractivity contribution is 5.83. The number of benzene rings is 1. The van der Waals surface area contributed by atoms with Gasteiger partial charge in [-0.3, -0.25) is 4.79 Å². The van der Waals surface area contributed by atoms with Crippen LogP contribution in [0.1, 0.15) is 12.0 Å². The van der Waals surface area contributed by atoms with E-state index in [2.05, 4.69) is 17.1 Å². The Balaban J connectivity index is 2.15. The van der Waals surface area contributed by atoms with Gasteiger partial charge in [-0.05, 0) is 23.4 Å². The van der Waals surface area contributed by atoms with Gasteiger partial charge in [0.15, 0.2) is 0 Å². The summed E-state index contributed by atoms with van der Waals surface area (Å²) in [5.74, 6) is 0.170. The SMILES string of the molecule is CN(C)C(=O)CCc1cccc2cc[nH]c12. The number of carbonyl (C=O) groups is 1. The third-order valence-corrected chi connectivity index (χ3v) is 2.78. The summed E-state index contributed by atoms with van der Waals surface area (Å²) < 4.78 is 0. The van der Waals surface area contributed by atoms with Crippen LogP contribution in [0.15, 0.2) is 30.5 Å². The first-order valence-electron chi connectivity index (χ1n) is 5.43. The van der Waals surface area contributed by atoms with Crippen LogP contribution in [0.2, 0.25) is 0 Å². The number of fused-ring (bicyclic) bond motifs is 1. The first-order chi connectivity index (χ1) is 7.68. The summed E-state index contributed by atoms with van der Waals surface area (Å²) in [6.07, 6.45) is 3.28. The van der Waals surface area contributed by atoms with Crippen molar-refractivity contribution in [2.75, 3.05) is 14.1 Å². The number of carbonyl (C=O) groups excluding carboxylic acids is 1. The number of aryl methyl sites for hydroxylation is 1. The Morgan fingerprint density at radius 2 is 2.12 bits per heavy atom. The second-order valence-corrected chi connectivity index (χ2v) is 4.15. The lowest BCUT2D eigenvalue weighted by molar-refractivity contribution is -0.128. The molecule has 84 valence electrons. The molecule has 0 aliphatic carbocycles. The predicted octanol–water partition coefficient (Wildman–Crippen LogP) is 2.19. The third kappa shape index (κ3) is 2.08. The molecule has 0 atom stereocenters. The molecule has 0 fully saturated rings. The maximum absolute atomic E-state index is 11.5. The molecule has 16 heavy (non-hydrogen) atoms. The summed E-state index contributed by atoms with van der Waals surface area (Å²) in [5, 5.41) is 1.20. The lowest BCUT2D eigenvalue weighted by Gasteiger charge is -2.10. The van der Waals surface area contributed by atoms with Crippen molar-refractivity contribution >= 4 is 16.8 Å². The highest BCUT2D eigenvalue weighted by Gasteiger charge is 2.06. The molecule has 1 aromatic carbocycles. The molecule has 2 rings (SSSR count). The maximum atomic E-state index is 11.5. The van der Waals surface area contributed by atoms with Gasteiger partial charge in [-0.15, -0.1) is 0 Å². The molecule has 0 aliphatic heterocycles. The number of H-pyrrole nitrogens is 1. The zero-order valence-electron chi connectivity index (χ0n) is 9.66. The monoisotopic (exact) mass is 216 g/mol. The van der Waals surface area contributed by atoms with Crippen LogP contribution in [0.5, 0.6) is 0 Å². The minimum Gasteiger partial charge on any atom is -0.361 e. The Bertz CT molecular complexity index is 499. The first-order valence-corrected chi connectivity index (χ1v) is 5.43. The number of aromatic nitrogens is 1. The molecule has 1 N–H and O–H groups in total. The highest BCUT2D eigenvalue weighted by Crippen LogP contribution is 2.18. The van der Waals surface area contributed by atoms with Crippen molar-refractivity contribution in [3.8, 4) is 0 Å². The van der Waals surface area contributed by atoms with Gasteiger partial charge in [-0.25, -0.2) is 0 Å². The molecule has 0 aliphatic rings. The average molecular weight is 216 g/mol. The average Bonchev–Trinajstić information content (AvgIpc) is 2.73. The Morgan fingerprint density at radius 1 is 1.31 bits per heavy atom. The summed E-state index contributed by atoms with van der Waals surface area (Å²) in [7, 11) is 3.58. The maximum Gasteiger partial charge on any atom is 0.222 e. The molecule has 0 radical (unpaired) electrons. The number of hydrogen-bond donors (Lipinski definition) is 1. The summed E-state index contributed by atoms with van der Waals surface area (Å²) in [6, 6.07) is 8.23.